The summed E-state index contributed by atoms with van der Waals surface area (Å²) in [4.78, 5) is -0.0188. The van der Waals surface area contributed by atoms with Crippen molar-refractivity contribution in [3.8, 4) is 0 Å². The van der Waals surface area contributed by atoms with E-state index in [9.17, 15) is 8.42 Å². The maximum absolute atomic E-state index is 12.3. The van der Waals surface area contributed by atoms with E-state index in [0.717, 1.165) is 0 Å². The van der Waals surface area contributed by atoms with Crippen molar-refractivity contribution in [2.75, 3.05) is 19.8 Å². The van der Waals surface area contributed by atoms with E-state index in [4.69, 9.17) is 15.3 Å². The van der Waals surface area contributed by atoms with Crippen molar-refractivity contribution in [2.24, 2.45) is 7.05 Å². The summed E-state index contributed by atoms with van der Waals surface area (Å²) in [5.41, 5.74) is -0.976. The van der Waals surface area contributed by atoms with Gasteiger partial charge in [0.15, 0.2) is 0 Å². The molecule has 0 aliphatic carbocycles. The molecular formula is C10H19N3O5S. The van der Waals surface area contributed by atoms with Gasteiger partial charge in [0, 0.05) is 7.05 Å². The molecule has 1 aromatic rings. The maximum Gasteiger partial charge on any atom is 0.244 e. The van der Waals surface area contributed by atoms with Gasteiger partial charge in [-0.1, -0.05) is 0 Å². The minimum absolute atomic E-state index is 0.0188. The molecule has 0 spiro atoms. The Morgan fingerprint density at radius 1 is 1.21 bits per heavy atom. The molecule has 1 aromatic heterocycles. The van der Waals surface area contributed by atoms with Crippen LogP contribution in [0.5, 0.6) is 0 Å². The average Bonchev–Trinajstić information content (AvgIpc) is 2.61. The number of aliphatic hydroxyl groups excluding tert-OH is 3. The molecule has 9 heteroatoms. The summed E-state index contributed by atoms with van der Waals surface area (Å²) in [6.45, 7) is 0.958. The van der Waals surface area contributed by atoms with Crippen LogP contribution < -0.4 is 4.72 Å². The summed E-state index contributed by atoms with van der Waals surface area (Å²) in [5.74, 6) is 0. The zero-order valence-electron chi connectivity index (χ0n) is 11.1. The molecular weight excluding hydrogens is 274 g/mol. The van der Waals surface area contributed by atoms with Crippen LogP contribution in [-0.2, 0) is 17.1 Å². The third-order valence-corrected chi connectivity index (χ3v) is 4.80. The van der Waals surface area contributed by atoms with E-state index in [-0.39, 0.29) is 4.90 Å². The van der Waals surface area contributed by atoms with Gasteiger partial charge in [-0.05, 0) is 13.8 Å². The second-order valence-electron chi connectivity index (χ2n) is 4.48. The molecule has 0 saturated heterocycles. The van der Waals surface area contributed by atoms with Crippen LogP contribution in [0.1, 0.15) is 11.4 Å². The number of hydrogen-bond acceptors (Lipinski definition) is 6. The molecule has 0 bridgehead atoms. The van der Waals surface area contributed by atoms with Gasteiger partial charge >= 0.3 is 0 Å². The second-order valence-corrected chi connectivity index (χ2v) is 6.10. The number of nitrogens with one attached hydrogen (secondary N) is 1. The predicted molar refractivity (Wildman–Crippen MR) is 67.0 cm³/mol. The molecule has 0 saturated carbocycles. The van der Waals surface area contributed by atoms with E-state index in [1.165, 1.54) is 4.68 Å². The highest BCUT2D eigenvalue weighted by Gasteiger charge is 2.36. The van der Waals surface area contributed by atoms with E-state index in [0.29, 0.717) is 11.4 Å². The van der Waals surface area contributed by atoms with Crippen molar-refractivity contribution in [3.05, 3.63) is 11.4 Å². The summed E-state index contributed by atoms with van der Waals surface area (Å²) >= 11 is 0. The van der Waals surface area contributed by atoms with Gasteiger partial charge in [-0.15, -0.1) is 0 Å². The van der Waals surface area contributed by atoms with Crippen LogP contribution in [0.25, 0.3) is 0 Å². The van der Waals surface area contributed by atoms with Gasteiger partial charge in [0.05, 0.1) is 31.2 Å². The average molecular weight is 293 g/mol. The van der Waals surface area contributed by atoms with Crippen molar-refractivity contribution >= 4 is 10.0 Å². The summed E-state index contributed by atoms with van der Waals surface area (Å²) < 4.78 is 28.1. The maximum atomic E-state index is 12.3. The first-order valence-electron chi connectivity index (χ1n) is 5.60. The van der Waals surface area contributed by atoms with Crippen LogP contribution in [-0.4, -0.2) is 58.9 Å². The van der Waals surface area contributed by atoms with Crippen molar-refractivity contribution < 1.29 is 23.7 Å². The van der Waals surface area contributed by atoms with Crippen LogP contribution in [0.3, 0.4) is 0 Å². The molecule has 0 fully saturated rings. The van der Waals surface area contributed by atoms with Gasteiger partial charge in [0.2, 0.25) is 10.0 Å². The fourth-order valence-electron chi connectivity index (χ4n) is 1.73. The fraction of sp³-hybridized carbons (Fsp3) is 0.700. The summed E-state index contributed by atoms with van der Waals surface area (Å²) in [5, 5.41) is 31.5. The molecule has 4 N–H and O–H groups in total. The Balaban J connectivity index is 3.25. The van der Waals surface area contributed by atoms with E-state index < -0.39 is 35.4 Å². The lowest BCUT2D eigenvalue weighted by Crippen LogP contribution is -2.56. The first-order valence-corrected chi connectivity index (χ1v) is 7.08. The van der Waals surface area contributed by atoms with Gasteiger partial charge in [-0.2, -0.15) is 9.82 Å². The molecule has 0 aliphatic rings. The van der Waals surface area contributed by atoms with Crippen LogP contribution in [0, 0.1) is 13.8 Å². The molecule has 1 heterocycles. The molecule has 1 rings (SSSR count). The molecule has 0 radical (unpaired) electrons. The van der Waals surface area contributed by atoms with Gasteiger partial charge in [-0.25, -0.2) is 8.42 Å². The Hall–Kier alpha value is -1.00. The standard InChI is InChI=1S/C10H19N3O5S/c1-7-9(8(2)13(3)11-7)19(17,18)12-10(4-14,5-15)6-16/h12,14-16H,4-6H2,1-3H3. The molecule has 0 aromatic carbocycles. The van der Waals surface area contributed by atoms with E-state index in [1.807, 2.05) is 0 Å². The Kier molecular flexibility index (Phi) is 4.69. The van der Waals surface area contributed by atoms with E-state index in [1.54, 1.807) is 20.9 Å². The van der Waals surface area contributed by atoms with E-state index >= 15 is 0 Å². The highest BCUT2D eigenvalue weighted by molar-refractivity contribution is 7.89. The lowest BCUT2D eigenvalue weighted by atomic mass is 10.1. The molecule has 8 nitrogen and oxygen atoms in total. The monoisotopic (exact) mass is 293 g/mol. The summed E-state index contributed by atoms with van der Waals surface area (Å²) in [6, 6.07) is 0. The SMILES string of the molecule is Cc1nn(C)c(C)c1S(=O)(=O)NC(CO)(CO)CO. The fourth-order valence-corrected chi connectivity index (χ4v) is 3.54. The molecule has 19 heavy (non-hydrogen) atoms. The number of aryl methyl sites for hydroxylation is 2. The Bertz CT molecular complexity index is 539. The molecule has 0 atom stereocenters. The first kappa shape index (κ1) is 16.1. The minimum atomic E-state index is -4.01. The van der Waals surface area contributed by atoms with E-state index in [2.05, 4.69) is 9.82 Å². The normalized spacial score (nSPS) is 12.9. The minimum Gasteiger partial charge on any atom is -0.394 e. The van der Waals surface area contributed by atoms with Gasteiger partial charge in [0.25, 0.3) is 0 Å². The van der Waals surface area contributed by atoms with Crippen molar-refractivity contribution in [1.29, 1.82) is 0 Å². The largest absolute Gasteiger partial charge is 0.394 e. The molecule has 0 unspecified atom stereocenters. The first-order chi connectivity index (χ1) is 8.73. The second kappa shape index (κ2) is 5.55. The highest BCUT2D eigenvalue weighted by Crippen LogP contribution is 2.20. The van der Waals surface area contributed by atoms with Crippen molar-refractivity contribution in [3.63, 3.8) is 0 Å². The third-order valence-electron chi connectivity index (χ3n) is 2.97. The number of aromatic nitrogens is 2. The third kappa shape index (κ3) is 2.95. The Morgan fingerprint density at radius 3 is 2.00 bits per heavy atom. The molecule has 0 amide bonds. The number of hydrogen-bond donors (Lipinski definition) is 4. The van der Waals surface area contributed by atoms with Gasteiger partial charge in [-0.3, -0.25) is 4.68 Å². The topological polar surface area (TPSA) is 125 Å². The zero-order chi connectivity index (χ0) is 14.8. The number of aliphatic hydroxyl groups is 3. The number of rotatable bonds is 6. The van der Waals surface area contributed by atoms with Crippen LogP contribution in [0.2, 0.25) is 0 Å². The quantitative estimate of drug-likeness (QED) is 0.482. The Labute approximate surface area is 111 Å². The summed E-state index contributed by atoms with van der Waals surface area (Å²) in [7, 11) is -2.40. The lowest BCUT2D eigenvalue weighted by Gasteiger charge is -2.28. The predicted octanol–water partition coefficient (Wildman–Crippen LogP) is -1.97. The van der Waals surface area contributed by atoms with Crippen LogP contribution in [0.15, 0.2) is 4.90 Å². The number of nitrogens with zero attached hydrogens (tertiary/aromatic N) is 2. The summed E-state index contributed by atoms with van der Waals surface area (Å²) in [6.07, 6.45) is 0. The van der Waals surface area contributed by atoms with Crippen LogP contribution >= 0.6 is 0 Å². The van der Waals surface area contributed by atoms with Crippen LogP contribution in [0.4, 0.5) is 0 Å². The molecule has 0 aliphatic heterocycles. The number of sulfonamides is 1. The zero-order valence-corrected chi connectivity index (χ0v) is 11.9. The smallest absolute Gasteiger partial charge is 0.244 e. The van der Waals surface area contributed by atoms with Crippen molar-refractivity contribution in [1.82, 2.24) is 14.5 Å². The lowest BCUT2D eigenvalue weighted by molar-refractivity contribution is 0.0581. The Morgan fingerprint density at radius 2 is 1.68 bits per heavy atom. The van der Waals surface area contributed by atoms with Gasteiger partial charge in [0.1, 0.15) is 10.4 Å². The molecule has 110 valence electrons. The van der Waals surface area contributed by atoms with Gasteiger partial charge < -0.3 is 15.3 Å². The van der Waals surface area contributed by atoms with Crippen molar-refractivity contribution in [2.45, 2.75) is 24.3 Å². The highest BCUT2D eigenvalue weighted by atomic mass is 32.2.